The Morgan fingerprint density at radius 3 is 2.82 bits per heavy atom. The van der Waals surface area contributed by atoms with E-state index in [1.165, 1.54) is 11.1 Å². The first kappa shape index (κ1) is 14.3. The van der Waals surface area contributed by atoms with Crippen molar-refractivity contribution in [2.45, 2.75) is 26.8 Å². The van der Waals surface area contributed by atoms with Crippen LogP contribution in [0.5, 0.6) is 5.75 Å². The summed E-state index contributed by atoms with van der Waals surface area (Å²) in [5.74, 6) is 0.921. The van der Waals surface area contributed by atoms with Gasteiger partial charge in [-0.2, -0.15) is 0 Å². The van der Waals surface area contributed by atoms with Gasteiger partial charge in [-0.15, -0.1) is 0 Å². The molecule has 17 heavy (non-hydrogen) atoms. The third kappa shape index (κ3) is 4.52. The first-order chi connectivity index (χ1) is 8.04. The van der Waals surface area contributed by atoms with Crippen LogP contribution in [-0.2, 0) is 0 Å². The maximum atomic E-state index is 5.73. The van der Waals surface area contributed by atoms with Crippen molar-refractivity contribution in [1.82, 2.24) is 5.32 Å². The van der Waals surface area contributed by atoms with Gasteiger partial charge in [0.15, 0.2) is 0 Å². The fourth-order valence-electron chi connectivity index (χ4n) is 1.71. The Morgan fingerprint density at radius 1 is 1.53 bits per heavy atom. The van der Waals surface area contributed by atoms with E-state index in [-0.39, 0.29) is 0 Å². The minimum Gasteiger partial charge on any atom is -0.488 e. The van der Waals surface area contributed by atoms with Crippen LogP contribution < -0.4 is 10.1 Å². The standard InChI is InChI=1S/C14H20BrNO/c1-5-16-12(4)13-8-10(2)6-7-14(13)17-9-11(3)15/h6-8,12,16H,3,5,9H2,1-2,4H3. The SMILES string of the molecule is C=C(Br)COc1ccc(C)cc1C(C)NCC. The first-order valence-corrected chi connectivity index (χ1v) is 6.64. The molecule has 1 aromatic rings. The largest absolute Gasteiger partial charge is 0.488 e. The van der Waals surface area contributed by atoms with Crippen LogP contribution in [0.25, 0.3) is 0 Å². The van der Waals surface area contributed by atoms with E-state index in [9.17, 15) is 0 Å². The highest BCUT2D eigenvalue weighted by Crippen LogP contribution is 2.26. The van der Waals surface area contributed by atoms with E-state index in [4.69, 9.17) is 4.74 Å². The van der Waals surface area contributed by atoms with Gasteiger partial charge in [-0.3, -0.25) is 0 Å². The van der Waals surface area contributed by atoms with Crippen LogP contribution >= 0.6 is 15.9 Å². The molecule has 0 fully saturated rings. The number of aryl methyl sites for hydroxylation is 1. The lowest BCUT2D eigenvalue weighted by Gasteiger charge is -2.18. The lowest BCUT2D eigenvalue weighted by atomic mass is 10.0. The van der Waals surface area contributed by atoms with Crippen LogP contribution in [0.4, 0.5) is 0 Å². The summed E-state index contributed by atoms with van der Waals surface area (Å²) in [6.45, 7) is 11.6. The predicted octanol–water partition coefficient (Wildman–Crippen LogP) is 3.95. The molecule has 1 aromatic carbocycles. The summed E-state index contributed by atoms with van der Waals surface area (Å²) in [4.78, 5) is 0. The van der Waals surface area contributed by atoms with Crippen LogP contribution in [0.3, 0.4) is 0 Å². The zero-order valence-corrected chi connectivity index (χ0v) is 12.3. The molecule has 0 saturated heterocycles. The number of rotatable bonds is 6. The van der Waals surface area contributed by atoms with Crippen LogP contribution in [0.2, 0.25) is 0 Å². The maximum absolute atomic E-state index is 5.73. The molecular weight excluding hydrogens is 278 g/mol. The van der Waals surface area contributed by atoms with Crippen LogP contribution in [0.1, 0.15) is 31.0 Å². The van der Waals surface area contributed by atoms with E-state index in [0.717, 1.165) is 16.8 Å². The first-order valence-electron chi connectivity index (χ1n) is 5.84. The monoisotopic (exact) mass is 297 g/mol. The molecule has 2 nitrogen and oxygen atoms in total. The quantitative estimate of drug-likeness (QED) is 0.858. The molecule has 1 atom stereocenters. The van der Waals surface area contributed by atoms with Crippen LogP contribution in [0.15, 0.2) is 29.3 Å². The Labute approximate surface area is 112 Å². The highest BCUT2D eigenvalue weighted by Gasteiger charge is 2.11. The van der Waals surface area contributed by atoms with E-state index < -0.39 is 0 Å². The Morgan fingerprint density at radius 2 is 2.24 bits per heavy atom. The summed E-state index contributed by atoms with van der Waals surface area (Å²) >= 11 is 3.30. The van der Waals surface area contributed by atoms with E-state index >= 15 is 0 Å². The molecule has 0 radical (unpaired) electrons. The van der Waals surface area contributed by atoms with Crippen molar-refractivity contribution < 1.29 is 4.74 Å². The fourth-order valence-corrected chi connectivity index (χ4v) is 1.82. The summed E-state index contributed by atoms with van der Waals surface area (Å²) in [6, 6.07) is 6.54. The number of hydrogen-bond donors (Lipinski definition) is 1. The molecule has 1 rings (SSSR count). The third-order valence-electron chi connectivity index (χ3n) is 2.53. The molecule has 3 heteroatoms. The second kappa shape index (κ2) is 6.82. The molecule has 1 unspecified atom stereocenters. The molecule has 0 aliphatic carbocycles. The third-order valence-corrected chi connectivity index (χ3v) is 2.76. The van der Waals surface area contributed by atoms with Gasteiger partial charge in [0.1, 0.15) is 12.4 Å². The summed E-state index contributed by atoms with van der Waals surface area (Å²) in [6.07, 6.45) is 0. The van der Waals surface area contributed by atoms with Gasteiger partial charge in [-0.05, 0) is 26.5 Å². The van der Waals surface area contributed by atoms with Crippen molar-refractivity contribution in [2.75, 3.05) is 13.2 Å². The van der Waals surface area contributed by atoms with E-state index in [1.54, 1.807) is 0 Å². The molecule has 0 bridgehead atoms. The minimum atomic E-state index is 0.290. The fraction of sp³-hybridized carbons (Fsp3) is 0.429. The van der Waals surface area contributed by atoms with Gasteiger partial charge in [-0.1, -0.05) is 47.1 Å². The zero-order valence-electron chi connectivity index (χ0n) is 10.7. The number of hydrogen-bond acceptors (Lipinski definition) is 2. The summed E-state index contributed by atoms with van der Waals surface area (Å²) < 4.78 is 6.58. The van der Waals surface area contributed by atoms with Crippen molar-refractivity contribution in [3.63, 3.8) is 0 Å². The summed E-state index contributed by atoms with van der Waals surface area (Å²) in [7, 11) is 0. The number of halogens is 1. The van der Waals surface area contributed by atoms with Crippen LogP contribution in [0, 0.1) is 6.92 Å². The molecule has 0 aromatic heterocycles. The van der Waals surface area contributed by atoms with Crippen molar-refractivity contribution in [3.8, 4) is 5.75 Å². The molecule has 94 valence electrons. The van der Waals surface area contributed by atoms with Crippen molar-refractivity contribution in [3.05, 3.63) is 40.4 Å². The van der Waals surface area contributed by atoms with Gasteiger partial charge in [0.2, 0.25) is 0 Å². The van der Waals surface area contributed by atoms with E-state index in [1.807, 2.05) is 6.07 Å². The molecule has 0 heterocycles. The summed E-state index contributed by atoms with van der Waals surface area (Å²) in [5, 5.41) is 3.40. The average molecular weight is 298 g/mol. The van der Waals surface area contributed by atoms with Gasteiger partial charge in [0.05, 0.1) is 0 Å². The van der Waals surface area contributed by atoms with E-state index in [2.05, 4.69) is 60.7 Å². The number of nitrogens with one attached hydrogen (secondary N) is 1. The number of ether oxygens (including phenoxy) is 1. The maximum Gasteiger partial charge on any atom is 0.124 e. The number of benzene rings is 1. The highest BCUT2D eigenvalue weighted by atomic mass is 79.9. The molecule has 1 N–H and O–H groups in total. The van der Waals surface area contributed by atoms with Gasteiger partial charge in [-0.25, -0.2) is 0 Å². The molecular formula is C14H20BrNO. The van der Waals surface area contributed by atoms with Gasteiger partial charge >= 0.3 is 0 Å². The summed E-state index contributed by atoms with van der Waals surface area (Å²) in [5.41, 5.74) is 2.44. The molecule has 0 spiro atoms. The molecule has 0 saturated carbocycles. The smallest absolute Gasteiger partial charge is 0.124 e. The van der Waals surface area contributed by atoms with Crippen molar-refractivity contribution in [1.29, 1.82) is 0 Å². The Hall–Kier alpha value is -0.800. The Kier molecular flexibility index (Phi) is 5.72. The second-order valence-corrected chi connectivity index (χ2v) is 5.25. The van der Waals surface area contributed by atoms with Crippen LogP contribution in [-0.4, -0.2) is 13.2 Å². The molecule has 0 aliphatic rings. The lowest BCUT2D eigenvalue weighted by molar-refractivity contribution is 0.352. The van der Waals surface area contributed by atoms with Gasteiger partial charge in [0.25, 0.3) is 0 Å². The van der Waals surface area contributed by atoms with Gasteiger partial charge in [0, 0.05) is 16.1 Å². The van der Waals surface area contributed by atoms with Crippen molar-refractivity contribution >= 4 is 15.9 Å². The molecule has 0 aliphatic heterocycles. The lowest BCUT2D eigenvalue weighted by Crippen LogP contribution is -2.18. The van der Waals surface area contributed by atoms with Gasteiger partial charge < -0.3 is 10.1 Å². The Bertz CT molecular complexity index is 390. The normalized spacial score (nSPS) is 12.2. The Balaban J connectivity index is 2.90. The second-order valence-electron chi connectivity index (χ2n) is 4.13. The van der Waals surface area contributed by atoms with Crippen molar-refractivity contribution in [2.24, 2.45) is 0 Å². The zero-order chi connectivity index (χ0) is 12.8. The highest BCUT2D eigenvalue weighted by molar-refractivity contribution is 9.11. The topological polar surface area (TPSA) is 21.3 Å². The van der Waals surface area contributed by atoms with E-state index in [0.29, 0.717) is 12.6 Å². The predicted molar refractivity (Wildman–Crippen MR) is 76.8 cm³/mol. The minimum absolute atomic E-state index is 0.290. The average Bonchev–Trinajstić information content (AvgIpc) is 2.27. The molecule has 0 amide bonds.